The van der Waals surface area contributed by atoms with E-state index in [2.05, 4.69) is 33.8 Å². The molecule has 0 unspecified atom stereocenters. The largest absolute Gasteiger partial charge is 0.394 e. The predicted octanol–water partition coefficient (Wildman–Crippen LogP) is 1.36. The minimum Gasteiger partial charge on any atom is -0.394 e. The van der Waals surface area contributed by atoms with Gasteiger partial charge in [0.25, 0.3) is 0 Å². The fourth-order valence-electron chi connectivity index (χ4n) is 12.6. The van der Waals surface area contributed by atoms with Crippen LogP contribution in [-0.2, 0) is 28.4 Å². The van der Waals surface area contributed by atoms with Crippen LogP contribution in [0.1, 0.15) is 86.0 Å². The highest BCUT2D eigenvalue weighted by molar-refractivity contribution is 5.27. The van der Waals surface area contributed by atoms with E-state index in [4.69, 9.17) is 28.4 Å². The standard InChI is InChI=1S/C39H62O13/c1-17-8-11-39(47-16-17)18(2)28-26(52-39)13-23-21-7-6-20-12-25(24(41)14-38(20,5)22(21)9-10-37(23,28)4)49-36-34(32(45)30(43)27(15-40)50-36)51-35-33(46)31(44)29(42)19(3)48-35/h6,17-19,21-36,40-46H,7-16H2,1-5H3/t17-,18-,19-,21+,22-,23-,24+,25+,26-,27+,28-,29-,30+,31+,32-,33+,34+,35-,36+,37-,38-,39+/m0/s1. The number of aliphatic hydroxyl groups is 7. The van der Waals surface area contributed by atoms with Crippen LogP contribution in [0.4, 0.5) is 0 Å². The Morgan fingerprint density at radius 1 is 0.846 bits per heavy atom. The van der Waals surface area contributed by atoms with Crippen LogP contribution >= 0.6 is 0 Å². The molecule has 7 fully saturated rings. The summed E-state index contributed by atoms with van der Waals surface area (Å²) < 4.78 is 37.3. The fraction of sp³-hybridized carbons (Fsp3) is 0.949. The maximum Gasteiger partial charge on any atom is 0.187 e. The number of rotatable bonds is 5. The molecule has 8 aliphatic rings. The summed E-state index contributed by atoms with van der Waals surface area (Å²) in [6.45, 7) is 11.1. The molecule has 0 aromatic carbocycles. The molecule has 4 saturated heterocycles. The van der Waals surface area contributed by atoms with E-state index >= 15 is 0 Å². The first-order valence-corrected chi connectivity index (χ1v) is 19.9. The van der Waals surface area contributed by atoms with Crippen molar-refractivity contribution >= 4 is 0 Å². The molecule has 1 spiro atoms. The van der Waals surface area contributed by atoms with E-state index in [0.29, 0.717) is 48.3 Å². The average Bonchev–Trinajstić information content (AvgIpc) is 3.56. The van der Waals surface area contributed by atoms with E-state index in [1.807, 2.05) is 0 Å². The zero-order valence-electron chi connectivity index (χ0n) is 31.2. The Morgan fingerprint density at radius 3 is 2.33 bits per heavy atom. The molecular weight excluding hydrogens is 676 g/mol. The van der Waals surface area contributed by atoms with Crippen LogP contribution < -0.4 is 0 Å². The monoisotopic (exact) mass is 738 g/mol. The van der Waals surface area contributed by atoms with Gasteiger partial charge in [-0.05, 0) is 92.3 Å². The van der Waals surface area contributed by atoms with Crippen molar-refractivity contribution in [2.75, 3.05) is 13.2 Å². The van der Waals surface area contributed by atoms with Gasteiger partial charge in [-0.2, -0.15) is 0 Å². The van der Waals surface area contributed by atoms with Crippen molar-refractivity contribution in [1.82, 2.24) is 0 Å². The first kappa shape index (κ1) is 38.1. The van der Waals surface area contributed by atoms with E-state index in [1.54, 1.807) is 0 Å². The quantitative estimate of drug-likeness (QED) is 0.200. The van der Waals surface area contributed by atoms with Crippen molar-refractivity contribution in [3.8, 4) is 0 Å². The van der Waals surface area contributed by atoms with Gasteiger partial charge >= 0.3 is 0 Å². The number of ether oxygens (including phenoxy) is 6. The fourth-order valence-corrected chi connectivity index (χ4v) is 12.6. The Morgan fingerprint density at radius 2 is 1.62 bits per heavy atom. The molecule has 7 N–H and O–H groups in total. The summed E-state index contributed by atoms with van der Waals surface area (Å²) >= 11 is 0. The van der Waals surface area contributed by atoms with Gasteiger partial charge in [-0.15, -0.1) is 0 Å². The van der Waals surface area contributed by atoms with Crippen LogP contribution in [0.2, 0.25) is 0 Å². The summed E-state index contributed by atoms with van der Waals surface area (Å²) in [6.07, 6.45) is -5.90. The zero-order chi connectivity index (χ0) is 37.1. The molecule has 52 heavy (non-hydrogen) atoms. The predicted molar refractivity (Wildman–Crippen MR) is 183 cm³/mol. The lowest BCUT2D eigenvalue weighted by Crippen LogP contribution is -2.64. The second-order valence-corrected chi connectivity index (χ2v) is 18.4. The number of hydrogen-bond donors (Lipinski definition) is 7. The van der Waals surface area contributed by atoms with Crippen molar-refractivity contribution in [2.24, 2.45) is 46.3 Å². The summed E-state index contributed by atoms with van der Waals surface area (Å²) in [4.78, 5) is 0. The van der Waals surface area contributed by atoms with Crippen LogP contribution in [0, 0.1) is 46.3 Å². The minimum absolute atomic E-state index is 0.172. The molecule has 296 valence electrons. The highest BCUT2D eigenvalue weighted by atomic mass is 16.8. The lowest BCUT2D eigenvalue weighted by Gasteiger charge is -2.59. The van der Waals surface area contributed by atoms with Crippen molar-refractivity contribution in [1.29, 1.82) is 0 Å². The van der Waals surface area contributed by atoms with Gasteiger partial charge in [0.2, 0.25) is 0 Å². The number of fused-ring (bicyclic) bond motifs is 7. The molecule has 3 saturated carbocycles. The highest BCUT2D eigenvalue weighted by Crippen LogP contribution is 2.70. The maximum absolute atomic E-state index is 11.8. The van der Waals surface area contributed by atoms with Gasteiger partial charge in [-0.1, -0.05) is 39.3 Å². The third-order valence-corrected chi connectivity index (χ3v) is 15.6. The lowest BCUT2D eigenvalue weighted by molar-refractivity contribution is -0.372. The van der Waals surface area contributed by atoms with Crippen LogP contribution in [0.3, 0.4) is 0 Å². The first-order chi connectivity index (χ1) is 24.6. The Hall–Kier alpha value is -0.780. The van der Waals surface area contributed by atoms with Gasteiger partial charge in [-0.3, -0.25) is 0 Å². The molecule has 0 aromatic rings. The molecule has 13 heteroatoms. The Kier molecular flexibility index (Phi) is 10.0. The number of hydrogen-bond acceptors (Lipinski definition) is 13. The smallest absolute Gasteiger partial charge is 0.187 e. The molecule has 13 nitrogen and oxygen atoms in total. The third-order valence-electron chi connectivity index (χ3n) is 15.6. The van der Waals surface area contributed by atoms with E-state index in [0.717, 1.165) is 45.1 Å². The molecule has 0 radical (unpaired) electrons. The summed E-state index contributed by atoms with van der Waals surface area (Å²) in [5.74, 6) is 2.37. The maximum atomic E-state index is 11.8. The van der Waals surface area contributed by atoms with Crippen LogP contribution in [-0.4, -0.2) is 134 Å². The molecule has 0 amide bonds. The third kappa shape index (κ3) is 5.82. The molecular formula is C39H62O13. The summed E-state index contributed by atoms with van der Waals surface area (Å²) in [5.41, 5.74) is 1.19. The lowest BCUT2D eigenvalue weighted by atomic mass is 9.46. The van der Waals surface area contributed by atoms with Crippen LogP contribution in [0.15, 0.2) is 11.6 Å². The number of aliphatic hydroxyl groups excluding tert-OH is 7. The minimum atomic E-state index is -1.66. The molecule has 0 bridgehead atoms. The van der Waals surface area contributed by atoms with Crippen molar-refractivity contribution in [3.63, 3.8) is 0 Å². The average molecular weight is 739 g/mol. The van der Waals surface area contributed by atoms with Gasteiger partial charge in [0.15, 0.2) is 18.4 Å². The second-order valence-electron chi connectivity index (χ2n) is 18.4. The Bertz CT molecular complexity index is 1340. The van der Waals surface area contributed by atoms with Crippen molar-refractivity contribution in [3.05, 3.63) is 11.6 Å². The summed E-state index contributed by atoms with van der Waals surface area (Å²) in [5, 5.41) is 74.7. The Labute approximate surface area is 306 Å². The molecule has 4 heterocycles. The van der Waals surface area contributed by atoms with E-state index in [1.165, 1.54) is 12.5 Å². The van der Waals surface area contributed by atoms with Gasteiger partial charge in [0.05, 0.1) is 37.6 Å². The van der Waals surface area contributed by atoms with Gasteiger partial charge < -0.3 is 64.2 Å². The molecule has 22 atom stereocenters. The molecule has 4 aliphatic carbocycles. The summed E-state index contributed by atoms with van der Waals surface area (Å²) in [6, 6.07) is 0. The highest BCUT2D eigenvalue weighted by Gasteiger charge is 2.69. The van der Waals surface area contributed by atoms with E-state index in [-0.39, 0.29) is 16.9 Å². The van der Waals surface area contributed by atoms with Crippen molar-refractivity contribution < 1.29 is 64.2 Å². The topological polar surface area (TPSA) is 197 Å². The van der Waals surface area contributed by atoms with Crippen LogP contribution in [0.5, 0.6) is 0 Å². The molecule has 4 aliphatic heterocycles. The summed E-state index contributed by atoms with van der Waals surface area (Å²) in [7, 11) is 0. The Balaban J connectivity index is 0.984. The molecule has 0 aromatic heterocycles. The first-order valence-electron chi connectivity index (χ1n) is 19.9. The SMILES string of the molecule is C[C@H]1CC[C@@]2(OC1)O[C@H]1C[C@H]3[C@@H]4CC=C5C[C@@H](O[C@@H]6O[C@H](CO)[C@@H](O)[C@H](O)[C@H]6O[C@@H]6O[C@@H](C)[C@H](O)[C@@H](O)[C@H]6O)[C@H](O)C[C@]5(C)[C@H]4CC[C@]3(C)[C@H]1[C@@H]2C. The van der Waals surface area contributed by atoms with Gasteiger partial charge in [-0.25, -0.2) is 0 Å². The number of allylic oxidation sites excluding steroid dienone is 1. The second kappa shape index (κ2) is 13.7. The normalized spacial score (nSPS) is 58.9. The van der Waals surface area contributed by atoms with Crippen LogP contribution in [0.25, 0.3) is 0 Å². The van der Waals surface area contributed by atoms with Gasteiger partial charge in [0.1, 0.15) is 42.7 Å². The van der Waals surface area contributed by atoms with Gasteiger partial charge in [0, 0.05) is 12.3 Å². The van der Waals surface area contributed by atoms with E-state index in [9.17, 15) is 35.7 Å². The van der Waals surface area contributed by atoms with E-state index < -0.39 is 86.0 Å². The molecule has 8 rings (SSSR count). The zero-order valence-corrected chi connectivity index (χ0v) is 31.2. The van der Waals surface area contributed by atoms with Crippen molar-refractivity contribution in [2.45, 2.75) is 171 Å².